The van der Waals surface area contributed by atoms with Gasteiger partial charge < -0.3 is 5.73 Å². The van der Waals surface area contributed by atoms with Gasteiger partial charge in [-0.25, -0.2) is 0 Å². The second-order valence-electron chi connectivity index (χ2n) is 3.34. The molecule has 1 atom stereocenters. The smallest absolute Gasteiger partial charge is 0.0438 e. The first-order valence-corrected chi connectivity index (χ1v) is 5.10. The van der Waals surface area contributed by atoms with Crippen molar-refractivity contribution in [3.05, 3.63) is 34.9 Å². The van der Waals surface area contributed by atoms with Gasteiger partial charge in [0.05, 0.1) is 0 Å². The quantitative estimate of drug-likeness (QED) is 0.895. The molecule has 3 heteroatoms. The zero-order valence-electron chi connectivity index (χ0n) is 8.37. The van der Waals surface area contributed by atoms with E-state index in [1.165, 1.54) is 0 Å². The van der Waals surface area contributed by atoms with Crippen molar-refractivity contribution in [1.29, 1.82) is 0 Å². The van der Waals surface area contributed by atoms with Crippen LogP contribution in [-0.4, -0.2) is 6.04 Å². The summed E-state index contributed by atoms with van der Waals surface area (Å²) in [5, 5.41) is 0.828. The number of hydrogen-bond donors (Lipinski definition) is 1. The Labute approximate surface area is 101 Å². The highest BCUT2D eigenvalue weighted by Gasteiger charge is 2.05. The molecule has 0 saturated heterocycles. The lowest BCUT2D eigenvalue weighted by Gasteiger charge is -2.10. The molecule has 0 aliphatic carbocycles. The zero-order chi connectivity index (χ0) is 9.68. The highest BCUT2D eigenvalue weighted by molar-refractivity contribution is 8.93. The van der Waals surface area contributed by atoms with Crippen LogP contribution < -0.4 is 5.73 Å². The Kier molecular flexibility index (Phi) is 7.24. The van der Waals surface area contributed by atoms with Crippen LogP contribution in [0.5, 0.6) is 0 Å². The lowest BCUT2D eigenvalue weighted by atomic mass is 10.0. The van der Waals surface area contributed by atoms with Crippen molar-refractivity contribution in [2.45, 2.75) is 32.2 Å². The molecule has 0 spiro atoms. The van der Waals surface area contributed by atoms with E-state index in [4.69, 9.17) is 17.3 Å². The minimum atomic E-state index is 0. The van der Waals surface area contributed by atoms with Crippen molar-refractivity contribution in [3.63, 3.8) is 0 Å². The molecule has 1 rings (SSSR count). The van der Waals surface area contributed by atoms with Crippen LogP contribution in [0.2, 0.25) is 5.02 Å². The largest absolute Gasteiger partial charge is 0.327 e. The summed E-state index contributed by atoms with van der Waals surface area (Å²) in [5.74, 6) is 0. The molecule has 2 N–H and O–H groups in total. The van der Waals surface area contributed by atoms with Crippen LogP contribution in [0.3, 0.4) is 0 Å². The summed E-state index contributed by atoms with van der Waals surface area (Å²) in [6.07, 6.45) is 3.07. The Morgan fingerprint density at radius 3 is 2.57 bits per heavy atom. The van der Waals surface area contributed by atoms with Crippen molar-refractivity contribution in [1.82, 2.24) is 0 Å². The first-order chi connectivity index (χ1) is 6.24. The number of halogens is 2. The molecule has 1 aromatic carbocycles. The average molecular weight is 279 g/mol. The van der Waals surface area contributed by atoms with E-state index in [0.29, 0.717) is 0 Å². The number of hydrogen-bond acceptors (Lipinski definition) is 1. The summed E-state index contributed by atoms with van der Waals surface area (Å²) < 4.78 is 0. The van der Waals surface area contributed by atoms with E-state index in [-0.39, 0.29) is 23.0 Å². The summed E-state index contributed by atoms with van der Waals surface area (Å²) in [5.41, 5.74) is 7.08. The molecule has 0 bridgehead atoms. The molecular weight excluding hydrogens is 261 g/mol. The molecule has 0 aliphatic rings. The van der Waals surface area contributed by atoms with Gasteiger partial charge in [0.2, 0.25) is 0 Å². The van der Waals surface area contributed by atoms with Gasteiger partial charge in [0, 0.05) is 11.1 Å². The molecule has 80 valence electrons. The average Bonchev–Trinajstić information content (AvgIpc) is 2.09. The van der Waals surface area contributed by atoms with Gasteiger partial charge in [0.25, 0.3) is 0 Å². The van der Waals surface area contributed by atoms with E-state index in [1.807, 2.05) is 24.3 Å². The summed E-state index contributed by atoms with van der Waals surface area (Å²) in [6, 6.07) is 8.13. The van der Waals surface area contributed by atoms with Crippen LogP contribution in [0.4, 0.5) is 0 Å². The second-order valence-corrected chi connectivity index (χ2v) is 3.75. The molecule has 0 aliphatic heterocycles. The van der Waals surface area contributed by atoms with Crippen molar-refractivity contribution < 1.29 is 0 Å². The van der Waals surface area contributed by atoms with E-state index in [2.05, 4.69) is 6.92 Å². The summed E-state index contributed by atoms with van der Waals surface area (Å²) >= 11 is 6.01. The third kappa shape index (κ3) is 4.45. The highest BCUT2D eigenvalue weighted by atomic mass is 79.9. The SMILES string of the molecule is Br.CCCC(N)Cc1ccccc1Cl. The predicted molar refractivity (Wildman–Crippen MR) is 68.4 cm³/mol. The molecule has 0 amide bonds. The van der Waals surface area contributed by atoms with Crippen LogP contribution >= 0.6 is 28.6 Å². The van der Waals surface area contributed by atoms with Gasteiger partial charge in [-0.1, -0.05) is 43.1 Å². The maximum absolute atomic E-state index is 6.01. The topological polar surface area (TPSA) is 26.0 Å². The maximum atomic E-state index is 6.01. The number of rotatable bonds is 4. The fraction of sp³-hybridized carbons (Fsp3) is 0.455. The monoisotopic (exact) mass is 277 g/mol. The van der Waals surface area contributed by atoms with E-state index >= 15 is 0 Å². The molecule has 0 radical (unpaired) electrons. The van der Waals surface area contributed by atoms with Gasteiger partial charge in [-0.3, -0.25) is 0 Å². The second kappa shape index (κ2) is 7.27. The molecule has 0 aromatic heterocycles. The summed E-state index contributed by atoms with van der Waals surface area (Å²) in [7, 11) is 0. The van der Waals surface area contributed by atoms with Gasteiger partial charge in [-0.15, -0.1) is 17.0 Å². The van der Waals surface area contributed by atoms with Gasteiger partial charge in [-0.05, 0) is 24.5 Å². The van der Waals surface area contributed by atoms with Crippen molar-refractivity contribution >= 4 is 28.6 Å². The normalized spacial score (nSPS) is 11.9. The van der Waals surface area contributed by atoms with E-state index in [1.54, 1.807) is 0 Å². The Morgan fingerprint density at radius 2 is 2.00 bits per heavy atom. The van der Waals surface area contributed by atoms with E-state index < -0.39 is 0 Å². The Bertz CT molecular complexity index is 265. The van der Waals surface area contributed by atoms with E-state index in [9.17, 15) is 0 Å². The van der Waals surface area contributed by atoms with Crippen molar-refractivity contribution in [3.8, 4) is 0 Å². The summed E-state index contributed by atoms with van der Waals surface area (Å²) in [6.45, 7) is 2.15. The van der Waals surface area contributed by atoms with Crippen LogP contribution in [0, 0.1) is 0 Å². The third-order valence-corrected chi connectivity index (χ3v) is 2.47. The Hall–Kier alpha value is -0.0500. The highest BCUT2D eigenvalue weighted by Crippen LogP contribution is 2.17. The van der Waals surface area contributed by atoms with Crippen molar-refractivity contribution in [2.24, 2.45) is 5.73 Å². The fourth-order valence-corrected chi connectivity index (χ4v) is 1.63. The van der Waals surface area contributed by atoms with Crippen LogP contribution in [0.1, 0.15) is 25.3 Å². The maximum Gasteiger partial charge on any atom is 0.0438 e. The molecule has 1 aromatic rings. The molecular formula is C11H17BrClN. The number of benzene rings is 1. The number of nitrogens with two attached hydrogens (primary N) is 1. The molecule has 1 nitrogen and oxygen atoms in total. The molecule has 0 heterocycles. The first-order valence-electron chi connectivity index (χ1n) is 4.73. The van der Waals surface area contributed by atoms with Crippen LogP contribution in [0.15, 0.2) is 24.3 Å². The Morgan fingerprint density at radius 1 is 1.36 bits per heavy atom. The molecule has 14 heavy (non-hydrogen) atoms. The van der Waals surface area contributed by atoms with Gasteiger partial charge in [0.15, 0.2) is 0 Å². The Balaban J connectivity index is 0.00000169. The molecule has 0 saturated carbocycles. The first kappa shape index (κ1) is 13.9. The molecule has 0 fully saturated rings. The lowest BCUT2D eigenvalue weighted by Crippen LogP contribution is -2.22. The van der Waals surface area contributed by atoms with Gasteiger partial charge in [-0.2, -0.15) is 0 Å². The van der Waals surface area contributed by atoms with E-state index in [0.717, 1.165) is 29.8 Å². The van der Waals surface area contributed by atoms with Gasteiger partial charge in [0.1, 0.15) is 0 Å². The minimum Gasteiger partial charge on any atom is -0.327 e. The predicted octanol–water partition coefficient (Wildman–Crippen LogP) is 3.59. The van der Waals surface area contributed by atoms with Gasteiger partial charge >= 0.3 is 0 Å². The lowest BCUT2D eigenvalue weighted by molar-refractivity contribution is 0.600. The third-order valence-electron chi connectivity index (χ3n) is 2.10. The standard InChI is InChI=1S/C11H16ClN.BrH/c1-2-5-10(13)8-9-6-3-4-7-11(9)12;/h3-4,6-7,10H,2,5,8,13H2,1H3;1H. The summed E-state index contributed by atoms with van der Waals surface area (Å²) in [4.78, 5) is 0. The molecule has 1 unspecified atom stereocenters. The van der Waals surface area contributed by atoms with Crippen LogP contribution in [-0.2, 0) is 6.42 Å². The van der Waals surface area contributed by atoms with Crippen LogP contribution in [0.25, 0.3) is 0 Å². The zero-order valence-corrected chi connectivity index (χ0v) is 10.8. The van der Waals surface area contributed by atoms with Crippen molar-refractivity contribution in [2.75, 3.05) is 0 Å². The fourth-order valence-electron chi connectivity index (χ4n) is 1.42. The minimum absolute atomic E-state index is 0.